The van der Waals surface area contributed by atoms with Crippen molar-refractivity contribution in [1.82, 2.24) is 18.9 Å². The highest BCUT2D eigenvalue weighted by atomic mass is 16.1. The number of nitrogens with zero attached hydrogens (tertiary/aromatic N) is 4. The summed E-state index contributed by atoms with van der Waals surface area (Å²) < 4.78 is 4.80. The summed E-state index contributed by atoms with van der Waals surface area (Å²) in [6, 6.07) is 5.75. The fourth-order valence-electron chi connectivity index (χ4n) is 2.63. The molecule has 0 aliphatic heterocycles. The number of fused-ring (bicyclic) bond motifs is 1. The zero-order valence-electron chi connectivity index (χ0n) is 12.3. The monoisotopic (exact) mass is 283 g/mol. The predicted molar refractivity (Wildman–Crippen MR) is 82.8 cm³/mol. The summed E-state index contributed by atoms with van der Waals surface area (Å²) in [5, 5.41) is 12.2. The van der Waals surface area contributed by atoms with Crippen molar-refractivity contribution in [3.8, 4) is 11.1 Å². The zero-order valence-corrected chi connectivity index (χ0v) is 12.3. The van der Waals surface area contributed by atoms with Crippen molar-refractivity contribution in [3.05, 3.63) is 41.1 Å². The van der Waals surface area contributed by atoms with Crippen LogP contribution >= 0.6 is 0 Å². The van der Waals surface area contributed by atoms with Crippen LogP contribution in [0.25, 0.3) is 22.2 Å². The van der Waals surface area contributed by atoms with Gasteiger partial charge in [0.05, 0.1) is 17.2 Å². The minimum Gasteiger partial charge on any atom is -0.294 e. The molecule has 3 rings (SSSR count). The molecule has 0 amide bonds. The maximum Gasteiger partial charge on any atom is 0.334 e. The maximum absolute atomic E-state index is 12.4. The molecule has 2 aromatic heterocycles. The van der Waals surface area contributed by atoms with Crippen LogP contribution in [0.2, 0.25) is 0 Å². The van der Waals surface area contributed by atoms with Gasteiger partial charge in [-0.15, -0.1) is 0 Å². The van der Waals surface area contributed by atoms with Crippen molar-refractivity contribution in [1.29, 1.82) is 5.41 Å². The van der Waals surface area contributed by atoms with E-state index in [1.807, 2.05) is 38.4 Å². The quantitative estimate of drug-likeness (QED) is 0.577. The van der Waals surface area contributed by atoms with Crippen molar-refractivity contribution < 1.29 is 0 Å². The molecule has 0 saturated carbocycles. The van der Waals surface area contributed by atoms with Gasteiger partial charge in [0.2, 0.25) is 0 Å². The Morgan fingerprint density at radius 1 is 1.33 bits per heavy atom. The van der Waals surface area contributed by atoms with Gasteiger partial charge in [0, 0.05) is 37.8 Å². The van der Waals surface area contributed by atoms with Crippen molar-refractivity contribution in [2.45, 2.75) is 13.3 Å². The third-order valence-corrected chi connectivity index (χ3v) is 3.69. The fourth-order valence-corrected chi connectivity index (χ4v) is 2.63. The van der Waals surface area contributed by atoms with Crippen molar-refractivity contribution in [2.75, 3.05) is 0 Å². The van der Waals surface area contributed by atoms with Gasteiger partial charge < -0.3 is 0 Å². The molecule has 0 aliphatic rings. The zero-order chi connectivity index (χ0) is 15.1. The van der Waals surface area contributed by atoms with E-state index in [4.69, 9.17) is 5.41 Å². The lowest BCUT2D eigenvalue weighted by atomic mass is 10.1. The van der Waals surface area contributed by atoms with Gasteiger partial charge in [0.25, 0.3) is 0 Å². The number of aryl methyl sites for hydroxylation is 2. The van der Waals surface area contributed by atoms with E-state index in [0.29, 0.717) is 12.3 Å². The smallest absolute Gasteiger partial charge is 0.294 e. The van der Waals surface area contributed by atoms with Crippen LogP contribution in [-0.2, 0) is 14.1 Å². The average molecular weight is 283 g/mol. The number of para-hydroxylation sites is 1. The molecule has 0 bridgehead atoms. The first kappa shape index (κ1) is 13.4. The fraction of sp³-hybridized carbons (Fsp3) is 0.267. The largest absolute Gasteiger partial charge is 0.334 e. The first-order chi connectivity index (χ1) is 10.0. The summed E-state index contributed by atoms with van der Waals surface area (Å²) in [6.07, 6.45) is 4.21. The van der Waals surface area contributed by atoms with Crippen LogP contribution in [-0.4, -0.2) is 24.8 Å². The van der Waals surface area contributed by atoms with E-state index >= 15 is 0 Å². The predicted octanol–water partition coefficient (Wildman–Crippen LogP) is 1.98. The van der Waals surface area contributed by atoms with Gasteiger partial charge in [0.1, 0.15) is 5.84 Å². The third kappa shape index (κ3) is 1.91. The summed E-state index contributed by atoms with van der Waals surface area (Å²) in [5.74, 6) is 0.300. The molecule has 0 atom stereocenters. The number of imidazole rings is 1. The lowest BCUT2D eigenvalue weighted by Gasteiger charge is -2.04. The second kappa shape index (κ2) is 4.73. The molecule has 2 heterocycles. The lowest BCUT2D eigenvalue weighted by Crippen LogP contribution is -2.27. The number of nitrogens with one attached hydrogen (secondary N) is 1. The third-order valence-electron chi connectivity index (χ3n) is 3.69. The molecule has 21 heavy (non-hydrogen) atoms. The molecule has 0 unspecified atom stereocenters. The Morgan fingerprint density at radius 2 is 2.10 bits per heavy atom. The van der Waals surface area contributed by atoms with Gasteiger partial charge in [-0.05, 0) is 6.07 Å². The van der Waals surface area contributed by atoms with Crippen molar-refractivity contribution >= 4 is 16.9 Å². The first-order valence-electron chi connectivity index (χ1n) is 6.82. The van der Waals surface area contributed by atoms with E-state index in [-0.39, 0.29) is 5.69 Å². The Morgan fingerprint density at radius 3 is 2.71 bits per heavy atom. The number of benzene rings is 1. The number of rotatable bonds is 2. The van der Waals surface area contributed by atoms with Crippen molar-refractivity contribution in [2.24, 2.45) is 14.1 Å². The van der Waals surface area contributed by atoms with Gasteiger partial charge in [-0.25, -0.2) is 9.36 Å². The Kier molecular flexibility index (Phi) is 3.01. The second-order valence-corrected chi connectivity index (χ2v) is 5.05. The highest BCUT2D eigenvalue weighted by molar-refractivity contribution is 5.98. The minimum absolute atomic E-state index is 0.187. The normalized spacial score (nSPS) is 11.2. The van der Waals surface area contributed by atoms with Crippen LogP contribution in [0.1, 0.15) is 13.3 Å². The van der Waals surface area contributed by atoms with Gasteiger partial charge in [-0.1, -0.05) is 19.1 Å². The van der Waals surface area contributed by atoms with E-state index in [2.05, 4.69) is 5.10 Å². The standard InChI is InChI=1S/C15H17N5O/c1-4-13(16)20-12-7-5-6-11(10-8-17-18(2)9-10)14(12)19(3)15(20)21/h5-9,16H,4H2,1-3H3. The molecular formula is C15H17N5O. The van der Waals surface area contributed by atoms with Gasteiger partial charge in [-0.3, -0.25) is 14.7 Å². The number of hydrogen-bond donors (Lipinski definition) is 1. The Labute approximate surface area is 121 Å². The molecule has 6 nitrogen and oxygen atoms in total. The van der Waals surface area contributed by atoms with E-state index in [0.717, 1.165) is 22.2 Å². The van der Waals surface area contributed by atoms with Crippen LogP contribution < -0.4 is 5.69 Å². The lowest BCUT2D eigenvalue weighted by molar-refractivity contribution is 0.768. The Balaban J connectivity index is 2.40. The summed E-state index contributed by atoms with van der Waals surface area (Å²) in [6.45, 7) is 1.87. The van der Waals surface area contributed by atoms with E-state index in [9.17, 15) is 4.79 Å². The molecule has 0 radical (unpaired) electrons. The average Bonchev–Trinajstić information content (AvgIpc) is 3.02. The summed E-state index contributed by atoms with van der Waals surface area (Å²) in [7, 11) is 3.60. The molecule has 1 N–H and O–H groups in total. The summed E-state index contributed by atoms with van der Waals surface area (Å²) in [5.41, 5.74) is 3.30. The number of aromatic nitrogens is 4. The number of hydrogen-bond acceptors (Lipinski definition) is 3. The van der Waals surface area contributed by atoms with Gasteiger partial charge in [0.15, 0.2) is 0 Å². The summed E-state index contributed by atoms with van der Waals surface area (Å²) in [4.78, 5) is 12.4. The van der Waals surface area contributed by atoms with Gasteiger partial charge in [-0.2, -0.15) is 5.10 Å². The molecule has 108 valence electrons. The van der Waals surface area contributed by atoms with Crippen LogP contribution in [0, 0.1) is 5.41 Å². The summed E-state index contributed by atoms with van der Waals surface area (Å²) >= 11 is 0. The van der Waals surface area contributed by atoms with E-state index in [1.165, 1.54) is 4.57 Å². The van der Waals surface area contributed by atoms with Crippen LogP contribution in [0.4, 0.5) is 0 Å². The molecule has 0 spiro atoms. The molecule has 3 aromatic rings. The molecule has 0 saturated heterocycles. The molecule has 0 aliphatic carbocycles. The molecule has 1 aromatic carbocycles. The van der Waals surface area contributed by atoms with Crippen LogP contribution in [0.5, 0.6) is 0 Å². The highest BCUT2D eigenvalue weighted by Crippen LogP contribution is 2.27. The molecule has 6 heteroatoms. The molecular weight excluding hydrogens is 266 g/mol. The SMILES string of the molecule is CCC(=N)n1c(=O)n(C)c2c(-c3cnn(C)c3)cccc21. The maximum atomic E-state index is 12.4. The Hall–Kier alpha value is -2.63. The van der Waals surface area contributed by atoms with E-state index in [1.54, 1.807) is 22.5 Å². The van der Waals surface area contributed by atoms with Crippen LogP contribution in [0.3, 0.4) is 0 Å². The highest BCUT2D eigenvalue weighted by Gasteiger charge is 2.17. The van der Waals surface area contributed by atoms with E-state index < -0.39 is 0 Å². The molecule has 0 fully saturated rings. The van der Waals surface area contributed by atoms with Crippen LogP contribution in [0.15, 0.2) is 35.4 Å². The van der Waals surface area contributed by atoms with Crippen molar-refractivity contribution in [3.63, 3.8) is 0 Å². The second-order valence-electron chi connectivity index (χ2n) is 5.05. The Bertz CT molecular complexity index is 897. The first-order valence-corrected chi connectivity index (χ1v) is 6.82. The van der Waals surface area contributed by atoms with Gasteiger partial charge >= 0.3 is 5.69 Å². The minimum atomic E-state index is -0.187. The topological polar surface area (TPSA) is 68.6 Å².